The zero-order chi connectivity index (χ0) is 13.8. The molecule has 0 aromatic heterocycles. The van der Waals surface area contributed by atoms with E-state index in [9.17, 15) is 0 Å². The number of fused-ring (bicyclic) bond motifs is 5. The van der Waals surface area contributed by atoms with Crippen molar-refractivity contribution in [3.05, 3.63) is 48.4 Å². The number of hydrogen-bond acceptors (Lipinski definition) is 3. The van der Waals surface area contributed by atoms with Crippen molar-refractivity contribution in [3.63, 3.8) is 0 Å². The van der Waals surface area contributed by atoms with Crippen molar-refractivity contribution in [3.8, 4) is 0 Å². The maximum absolute atomic E-state index is 4.47. The van der Waals surface area contributed by atoms with Gasteiger partial charge in [0, 0.05) is 49.2 Å². The van der Waals surface area contributed by atoms with Crippen molar-refractivity contribution in [2.75, 3.05) is 6.54 Å². The van der Waals surface area contributed by atoms with E-state index in [0.29, 0.717) is 30.1 Å². The molecule has 0 bridgehead atoms. The van der Waals surface area contributed by atoms with Gasteiger partial charge in [-0.3, -0.25) is 9.89 Å². The van der Waals surface area contributed by atoms with Gasteiger partial charge in [0.05, 0.1) is 6.04 Å². The van der Waals surface area contributed by atoms with Crippen LogP contribution in [-0.2, 0) is 0 Å². The molecule has 5 aliphatic rings. The van der Waals surface area contributed by atoms with Gasteiger partial charge in [-0.05, 0) is 24.8 Å². The van der Waals surface area contributed by atoms with Gasteiger partial charge in [0.15, 0.2) is 0 Å². The first-order valence-corrected chi connectivity index (χ1v) is 8.20. The smallest absolute Gasteiger partial charge is 0.0692 e. The van der Waals surface area contributed by atoms with Gasteiger partial charge in [0.2, 0.25) is 0 Å². The van der Waals surface area contributed by atoms with Crippen LogP contribution in [0.5, 0.6) is 0 Å². The van der Waals surface area contributed by atoms with Crippen molar-refractivity contribution < 1.29 is 0 Å². The summed E-state index contributed by atoms with van der Waals surface area (Å²) in [5.74, 6) is 0.636. The number of nitrogens with zero attached hydrogens (tertiary/aromatic N) is 3. The van der Waals surface area contributed by atoms with Crippen LogP contribution in [0.3, 0.4) is 0 Å². The highest BCUT2D eigenvalue weighted by atomic mass is 15.3. The standard InChI is InChI=1S/C18H21N3/c1-2-7-16-15(6-1)20-11-9-19-12-17(20)14-5-3-4-13-8-10-21(16)18(13)14/h2-4,7-9,11-12,14-18H,1,5-6,10H2. The summed E-state index contributed by atoms with van der Waals surface area (Å²) in [7, 11) is 0. The van der Waals surface area contributed by atoms with E-state index in [-0.39, 0.29) is 0 Å². The van der Waals surface area contributed by atoms with Crippen LogP contribution in [-0.4, -0.2) is 46.7 Å². The van der Waals surface area contributed by atoms with Crippen LogP contribution in [0.25, 0.3) is 0 Å². The lowest BCUT2D eigenvalue weighted by Crippen LogP contribution is -2.50. The van der Waals surface area contributed by atoms with Crippen LogP contribution < -0.4 is 0 Å². The summed E-state index contributed by atoms with van der Waals surface area (Å²) in [6.07, 6.45) is 22.0. The summed E-state index contributed by atoms with van der Waals surface area (Å²) >= 11 is 0. The van der Waals surface area contributed by atoms with Gasteiger partial charge in [-0.2, -0.15) is 0 Å². The molecule has 0 spiro atoms. The monoisotopic (exact) mass is 279 g/mol. The lowest BCUT2D eigenvalue weighted by molar-refractivity contribution is 0.152. The molecule has 3 aliphatic heterocycles. The highest BCUT2D eigenvalue weighted by Crippen LogP contribution is 2.43. The van der Waals surface area contributed by atoms with Gasteiger partial charge in [-0.15, -0.1) is 0 Å². The number of allylic oxidation sites excluding steroid dienone is 2. The Labute approximate surface area is 126 Å². The van der Waals surface area contributed by atoms with Crippen LogP contribution >= 0.6 is 0 Å². The molecule has 21 heavy (non-hydrogen) atoms. The normalized spacial score (nSPS) is 43.1. The fourth-order valence-electron chi connectivity index (χ4n) is 4.97. The van der Waals surface area contributed by atoms with Crippen LogP contribution in [0.15, 0.2) is 53.3 Å². The first kappa shape index (κ1) is 12.0. The predicted octanol–water partition coefficient (Wildman–Crippen LogP) is 2.50. The molecular weight excluding hydrogens is 258 g/mol. The van der Waals surface area contributed by atoms with E-state index in [0.717, 1.165) is 6.54 Å². The molecule has 1 saturated heterocycles. The fourth-order valence-corrected chi connectivity index (χ4v) is 4.97. The average Bonchev–Trinajstić information content (AvgIpc) is 2.94. The van der Waals surface area contributed by atoms with E-state index in [4.69, 9.17) is 0 Å². The molecule has 0 N–H and O–H groups in total. The molecule has 108 valence electrons. The van der Waals surface area contributed by atoms with Crippen LogP contribution in [0, 0.1) is 5.92 Å². The minimum absolute atomic E-state index is 0.454. The summed E-state index contributed by atoms with van der Waals surface area (Å²) in [6, 6.07) is 2.18. The Hall–Kier alpha value is -1.61. The van der Waals surface area contributed by atoms with E-state index in [1.165, 1.54) is 24.8 Å². The summed E-state index contributed by atoms with van der Waals surface area (Å²) < 4.78 is 0. The van der Waals surface area contributed by atoms with Crippen molar-refractivity contribution in [1.29, 1.82) is 0 Å². The zero-order valence-corrected chi connectivity index (χ0v) is 12.2. The van der Waals surface area contributed by atoms with Gasteiger partial charge in [-0.25, -0.2) is 0 Å². The second kappa shape index (κ2) is 4.44. The Kier molecular flexibility index (Phi) is 2.53. The van der Waals surface area contributed by atoms with E-state index in [1.807, 2.05) is 6.20 Å². The van der Waals surface area contributed by atoms with Crippen LogP contribution in [0.2, 0.25) is 0 Å². The Morgan fingerprint density at radius 1 is 1.19 bits per heavy atom. The quantitative estimate of drug-likeness (QED) is 0.635. The lowest BCUT2D eigenvalue weighted by atomic mass is 9.81. The van der Waals surface area contributed by atoms with Gasteiger partial charge < -0.3 is 4.90 Å². The van der Waals surface area contributed by atoms with E-state index < -0.39 is 0 Å². The van der Waals surface area contributed by atoms with Gasteiger partial charge in [-0.1, -0.05) is 30.4 Å². The van der Waals surface area contributed by atoms with E-state index in [1.54, 1.807) is 0 Å². The van der Waals surface area contributed by atoms with Gasteiger partial charge in [0.25, 0.3) is 0 Å². The first-order valence-electron chi connectivity index (χ1n) is 8.20. The largest absolute Gasteiger partial charge is 0.363 e. The highest BCUT2D eigenvalue weighted by molar-refractivity contribution is 5.68. The SMILES string of the molecule is C1=CC2C(CC1)N1C=CN=CC1C1CC=CC3=CCN2C31. The third kappa shape index (κ3) is 1.61. The molecule has 0 saturated carbocycles. The fraction of sp³-hybridized carbons (Fsp3) is 0.500. The Bertz CT molecular complexity index is 596. The minimum atomic E-state index is 0.454. The highest BCUT2D eigenvalue weighted by Gasteiger charge is 2.49. The molecule has 1 fully saturated rings. The molecule has 3 heteroatoms. The molecule has 0 amide bonds. The van der Waals surface area contributed by atoms with Crippen molar-refractivity contribution >= 4 is 6.21 Å². The number of aliphatic imine (C=N–C) groups is 1. The Balaban J connectivity index is 1.65. The Morgan fingerprint density at radius 2 is 2.19 bits per heavy atom. The van der Waals surface area contributed by atoms with Crippen molar-refractivity contribution in [1.82, 2.24) is 9.80 Å². The van der Waals surface area contributed by atoms with Crippen LogP contribution in [0.1, 0.15) is 19.3 Å². The van der Waals surface area contributed by atoms with Gasteiger partial charge in [0.1, 0.15) is 0 Å². The summed E-state index contributed by atoms with van der Waals surface area (Å²) in [6.45, 7) is 1.10. The molecule has 3 nitrogen and oxygen atoms in total. The molecule has 5 rings (SSSR count). The molecule has 3 heterocycles. The topological polar surface area (TPSA) is 18.8 Å². The predicted molar refractivity (Wildman–Crippen MR) is 85.0 cm³/mol. The van der Waals surface area contributed by atoms with Crippen LogP contribution in [0.4, 0.5) is 0 Å². The third-order valence-corrected chi connectivity index (χ3v) is 5.83. The van der Waals surface area contributed by atoms with E-state index >= 15 is 0 Å². The summed E-state index contributed by atoms with van der Waals surface area (Å²) in [4.78, 5) is 9.83. The maximum Gasteiger partial charge on any atom is 0.0692 e. The zero-order valence-electron chi connectivity index (χ0n) is 12.2. The number of rotatable bonds is 0. The first-order chi connectivity index (χ1) is 10.4. The molecule has 0 aromatic carbocycles. The lowest BCUT2D eigenvalue weighted by Gasteiger charge is -2.41. The molecular formula is C18H21N3. The minimum Gasteiger partial charge on any atom is -0.363 e. The molecule has 5 unspecified atom stereocenters. The number of hydrogen-bond donors (Lipinski definition) is 0. The van der Waals surface area contributed by atoms with Crippen molar-refractivity contribution in [2.24, 2.45) is 10.9 Å². The summed E-state index contributed by atoms with van der Waals surface area (Å²) in [5.41, 5.74) is 1.54. The summed E-state index contributed by atoms with van der Waals surface area (Å²) in [5, 5.41) is 0. The third-order valence-electron chi connectivity index (χ3n) is 5.83. The maximum atomic E-state index is 4.47. The second-order valence-electron chi connectivity index (χ2n) is 6.75. The average molecular weight is 279 g/mol. The second-order valence-corrected chi connectivity index (χ2v) is 6.75. The Morgan fingerprint density at radius 3 is 3.19 bits per heavy atom. The van der Waals surface area contributed by atoms with Crippen molar-refractivity contribution in [2.45, 2.75) is 43.4 Å². The molecule has 0 aromatic rings. The van der Waals surface area contributed by atoms with Gasteiger partial charge >= 0.3 is 0 Å². The molecule has 2 aliphatic carbocycles. The van der Waals surface area contributed by atoms with E-state index in [2.05, 4.69) is 57.6 Å². The molecule has 5 atom stereocenters. The molecule has 0 radical (unpaired) electrons.